The van der Waals surface area contributed by atoms with Crippen molar-refractivity contribution in [2.45, 2.75) is 45.6 Å². The molecule has 0 saturated carbocycles. The molecule has 8 nitrogen and oxygen atoms in total. The third-order valence-corrected chi connectivity index (χ3v) is 6.17. The Morgan fingerprint density at radius 1 is 1.11 bits per heavy atom. The highest BCUT2D eigenvalue weighted by molar-refractivity contribution is 6.01. The van der Waals surface area contributed by atoms with Crippen molar-refractivity contribution in [2.24, 2.45) is 5.73 Å². The fraction of sp³-hybridized carbons (Fsp3) is 0.370. The summed E-state index contributed by atoms with van der Waals surface area (Å²) < 4.78 is 0. The summed E-state index contributed by atoms with van der Waals surface area (Å²) in [6.45, 7) is 6.32. The van der Waals surface area contributed by atoms with Crippen LogP contribution in [0.2, 0.25) is 0 Å². The van der Waals surface area contributed by atoms with Gasteiger partial charge in [-0.25, -0.2) is 0 Å². The van der Waals surface area contributed by atoms with Crippen LogP contribution in [0.1, 0.15) is 58.5 Å². The van der Waals surface area contributed by atoms with Gasteiger partial charge in [-0.1, -0.05) is 32.0 Å². The average molecular weight is 481 g/mol. The second-order valence-corrected chi connectivity index (χ2v) is 8.73. The highest BCUT2D eigenvalue weighted by Gasteiger charge is 2.28. The van der Waals surface area contributed by atoms with E-state index in [4.69, 9.17) is 10.8 Å². The summed E-state index contributed by atoms with van der Waals surface area (Å²) >= 11 is 0. The molecule has 0 saturated heterocycles. The highest BCUT2D eigenvalue weighted by Crippen LogP contribution is 2.33. The SMILES string of the molecule is CCCN(CCC)[C@H]1Cc2c[nH]c3ccc([14C](N)=O)c(c23)C1.O=C(O)CNC(=O)c1ccccc1. The predicted molar refractivity (Wildman–Crippen MR) is 137 cm³/mol. The van der Waals surface area contributed by atoms with Crippen molar-refractivity contribution in [3.8, 4) is 0 Å². The minimum Gasteiger partial charge on any atom is -0.480 e. The Balaban J connectivity index is 0.000000225. The molecular weight excluding hydrogens is 446 g/mol. The van der Waals surface area contributed by atoms with E-state index in [9.17, 15) is 14.4 Å². The van der Waals surface area contributed by atoms with Gasteiger partial charge in [0.05, 0.1) is 0 Å². The van der Waals surface area contributed by atoms with E-state index in [1.807, 2.05) is 12.1 Å². The van der Waals surface area contributed by atoms with E-state index in [1.165, 1.54) is 10.9 Å². The number of aliphatic carboxylic acids is 1. The molecule has 1 aliphatic carbocycles. The number of carbonyl (C=O) groups excluding carboxylic acids is 2. The molecule has 0 unspecified atom stereocenters. The Kier molecular flexibility index (Phi) is 9.03. The Labute approximate surface area is 205 Å². The molecule has 35 heavy (non-hydrogen) atoms. The number of primary amides is 1. The first-order valence-corrected chi connectivity index (χ1v) is 12.1. The Morgan fingerprint density at radius 3 is 2.40 bits per heavy atom. The van der Waals surface area contributed by atoms with Crippen molar-refractivity contribution in [1.82, 2.24) is 15.2 Å². The van der Waals surface area contributed by atoms with Crippen molar-refractivity contribution < 1.29 is 19.5 Å². The molecule has 1 aliphatic rings. The van der Waals surface area contributed by atoms with Crippen molar-refractivity contribution in [2.75, 3.05) is 19.6 Å². The maximum atomic E-state index is 11.8. The molecule has 0 spiro atoms. The summed E-state index contributed by atoms with van der Waals surface area (Å²) in [6.07, 6.45) is 6.38. The number of benzene rings is 2. The fourth-order valence-electron chi connectivity index (χ4n) is 4.69. The van der Waals surface area contributed by atoms with Crippen molar-refractivity contribution in [1.29, 1.82) is 0 Å². The molecule has 1 aromatic heterocycles. The molecule has 0 bridgehead atoms. The number of hydrogen-bond acceptors (Lipinski definition) is 4. The third-order valence-electron chi connectivity index (χ3n) is 6.17. The maximum absolute atomic E-state index is 11.8. The zero-order valence-electron chi connectivity index (χ0n) is 20.3. The zero-order valence-corrected chi connectivity index (χ0v) is 20.3. The number of rotatable bonds is 9. The fourth-order valence-corrected chi connectivity index (χ4v) is 4.69. The number of nitrogens with zero attached hydrogens (tertiary/aromatic N) is 1. The van der Waals surface area contributed by atoms with Gasteiger partial charge >= 0.3 is 5.97 Å². The van der Waals surface area contributed by atoms with E-state index in [0.29, 0.717) is 17.2 Å². The minimum atomic E-state index is -1.05. The van der Waals surface area contributed by atoms with Crippen LogP contribution in [0.25, 0.3) is 10.9 Å². The number of nitrogens with one attached hydrogen (secondary N) is 2. The van der Waals surface area contributed by atoms with E-state index in [0.717, 1.165) is 49.9 Å². The average Bonchev–Trinajstić information content (AvgIpc) is 3.27. The van der Waals surface area contributed by atoms with Gasteiger partial charge in [0.25, 0.3) is 5.91 Å². The molecule has 0 aliphatic heterocycles. The van der Waals surface area contributed by atoms with E-state index >= 15 is 0 Å². The minimum absolute atomic E-state index is 0.317. The lowest BCUT2D eigenvalue weighted by atomic mass is 9.87. The van der Waals surface area contributed by atoms with Gasteiger partial charge in [-0.15, -0.1) is 0 Å². The zero-order chi connectivity index (χ0) is 25.4. The van der Waals surface area contributed by atoms with Crippen molar-refractivity contribution >= 4 is 28.7 Å². The number of carboxylic acids is 1. The lowest BCUT2D eigenvalue weighted by molar-refractivity contribution is -0.135. The summed E-state index contributed by atoms with van der Waals surface area (Å²) in [5.74, 6) is -1.74. The van der Waals surface area contributed by atoms with Crippen LogP contribution in [0, 0.1) is 0 Å². The van der Waals surface area contributed by atoms with Gasteiger partial charge in [0.2, 0.25) is 5.91 Å². The number of carboxylic acid groups (broad SMARTS) is 1. The number of amides is 2. The standard InChI is InChI=1S/C18H25N3O.C9H9NO3/c1-3-7-21(8-4-2)13-9-12-11-20-16-6-5-14(18(19)22)15(10-13)17(12)16;11-8(12)6-10-9(13)7-4-2-1-3-5-7/h5-6,11,13,20H,3-4,7-10H2,1-2H3,(H2,19,22);1-5H,6H2,(H,10,13)(H,11,12)/t13-;/m0./s1/i18+2;. The predicted octanol–water partition coefficient (Wildman–Crippen LogP) is 3.36. The van der Waals surface area contributed by atoms with Crippen molar-refractivity contribution in [3.05, 3.63) is 70.9 Å². The monoisotopic (exact) mass is 480 g/mol. The normalized spacial score (nSPS) is 14.3. The number of H-pyrrole nitrogens is 1. The molecule has 3 aromatic rings. The van der Waals surface area contributed by atoms with Gasteiger partial charge in [0, 0.05) is 34.3 Å². The number of aromatic amines is 1. The Hall–Kier alpha value is -3.65. The largest absolute Gasteiger partial charge is 0.480 e. The van der Waals surface area contributed by atoms with Crippen LogP contribution >= 0.6 is 0 Å². The van der Waals surface area contributed by atoms with Crippen molar-refractivity contribution in [3.63, 3.8) is 0 Å². The van der Waals surface area contributed by atoms with E-state index in [2.05, 4.69) is 35.2 Å². The van der Waals surface area contributed by atoms with E-state index in [1.54, 1.807) is 30.3 Å². The van der Waals surface area contributed by atoms with Gasteiger partial charge < -0.3 is 21.1 Å². The second-order valence-electron chi connectivity index (χ2n) is 8.73. The van der Waals surface area contributed by atoms with E-state index in [-0.39, 0.29) is 18.4 Å². The smallest absolute Gasteiger partial charge is 0.322 e. The number of aromatic nitrogens is 1. The van der Waals surface area contributed by atoms with Crippen LogP contribution in [-0.2, 0) is 17.6 Å². The Bertz CT molecular complexity index is 1170. The van der Waals surface area contributed by atoms with Crippen LogP contribution in [0.3, 0.4) is 0 Å². The first-order chi connectivity index (χ1) is 16.8. The number of hydrogen-bond donors (Lipinski definition) is 4. The van der Waals surface area contributed by atoms with Crippen LogP contribution in [-0.4, -0.2) is 58.5 Å². The number of carbonyl (C=O) groups is 3. The van der Waals surface area contributed by atoms with Gasteiger partial charge in [0.15, 0.2) is 0 Å². The summed E-state index contributed by atoms with van der Waals surface area (Å²) in [4.78, 5) is 39.0. The molecule has 5 N–H and O–H groups in total. The first-order valence-electron chi connectivity index (χ1n) is 12.1. The molecule has 0 radical (unpaired) electrons. The molecule has 1 heterocycles. The lowest BCUT2D eigenvalue weighted by Crippen LogP contribution is -2.41. The first kappa shape index (κ1) is 26.0. The quantitative estimate of drug-likeness (QED) is 0.373. The Morgan fingerprint density at radius 2 is 1.80 bits per heavy atom. The topological polar surface area (TPSA) is 129 Å². The lowest BCUT2D eigenvalue weighted by Gasteiger charge is -2.34. The molecule has 8 heteroatoms. The molecule has 1 atom stereocenters. The van der Waals surface area contributed by atoms with Crippen LogP contribution in [0.4, 0.5) is 0 Å². The second kappa shape index (κ2) is 12.2. The molecule has 4 rings (SSSR count). The number of nitrogens with two attached hydrogens (primary N) is 1. The molecule has 2 aromatic carbocycles. The van der Waals surface area contributed by atoms with E-state index < -0.39 is 5.97 Å². The molecule has 2 amide bonds. The summed E-state index contributed by atoms with van der Waals surface area (Å²) in [5, 5.41) is 11.8. The highest BCUT2D eigenvalue weighted by atomic mass is 16.4. The summed E-state index contributed by atoms with van der Waals surface area (Å²) in [7, 11) is 0. The summed E-state index contributed by atoms with van der Waals surface area (Å²) in [6, 6.07) is 12.8. The third kappa shape index (κ3) is 6.48. The molecular formula is C27H34N4O4. The van der Waals surface area contributed by atoms with Crippen LogP contribution in [0.15, 0.2) is 48.7 Å². The van der Waals surface area contributed by atoms with Gasteiger partial charge in [-0.3, -0.25) is 19.3 Å². The van der Waals surface area contributed by atoms with Crippen LogP contribution < -0.4 is 11.1 Å². The summed E-state index contributed by atoms with van der Waals surface area (Å²) in [5.41, 5.74) is 10.3. The van der Waals surface area contributed by atoms with Gasteiger partial charge in [-0.05, 0) is 74.2 Å². The van der Waals surface area contributed by atoms with Gasteiger partial charge in [0.1, 0.15) is 6.54 Å². The maximum Gasteiger partial charge on any atom is 0.322 e. The molecule has 0 fully saturated rings. The molecule has 186 valence electrons. The van der Waals surface area contributed by atoms with Gasteiger partial charge in [-0.2, -0.15) is 0 Å². The van der Waals surface area contributed by atoms with Crippen LogP contribution in [0.5, 0.6) is 0 Å².